The summed E-state index contributed by atoms with van der Waals surface area (Å²) in [4.78, 5) is 0.160. The van der Waals surface area contributed by atoms with Crippen molar-refractivity contribution in [3.8, 4) is 0 Å². The standard InChI is InChI=1S/C18H17NO3S/c1-3-17-16-7-5-4-6-14(16)12-18(22-17)19-23(20,21)15-10-8-13(2)9-11-15/h3-11,17H,1,12H2,2H3/b19-18+. The Morgan fingerprint density at radius 1 is 1.17 bits per heavy atom. The van der Waals surface area contributed by atoms with Crippen molar-refractivity contribution in [2.45, 2.75) is 24.3 Å². The molecular weight excluding hydrogens is 310 g/mol. The van der Waals surface area contributed by atoms with Gasteiger partial charge in [-0.1, -0.05) is 48.5 Å². The molecule has 4 nitrogen and oxygen atoms in total. The maximum atomic E-state index is 12.4. The average molecular weight is 327 g/mol. The van der Waals surface area contributed by atoms with E-state index in [9.17, 15) is 8.42 Å². The van der Waals surface area contributed by atoms with Crippen LogP contribution in [-0.4, -0.2) is 14.3 Å². The van der Waals surface area contributed by atoms with Gasteiger partial charge in [-0.2, -0.15) is 8.42 Å². The predicted octanol–water partition coefficient (Wildman–Crippen LogP) is 3.58. The molecule has 0 saturated heterocycles. The zero-order chi connectivity index (χ0) is 16.4. The Bertz CT molecular complexity index is 867. The molecule has 1 unspecified atom stereocenters. The molecule has 23 heavy (non-hydrogen) atoms. The van der Waals surface area contributed by atoms with E-state index in [4.69, 9.17) is 4.74 Å². The van der Waals surface area contributed by atoms with E-state index in [1.807, 2.05) is 31.2 Å². The van der Waals surface area contributed by atoms with Gasteiger partial charge in [0.05, 0.1) is 11.3 Å². The lowest BCUT2D eigenvalue weighted by molar-refractivity contribution is 0.226. The van der Waals surface area contributed by atoms with E-state index in [1.54, 1.807) is 30.3 Å². The Morgan fingerprint density at radius 2 is 1.87 bits per heavy atom. The van der Waals surface area contributed by atoms with E-state index in [0.29, 0.717) is 6.42 Å². The van der Waals surface area contributed by atoms with Crippen molar-refractivity contribution in [1.82, 2.24) is 0 Å². The molecule has 0 N–H and O–H groups in total. The third kappa shape index (κ3) is 3.19. The van der Waals surface area contributed by atoms with Crippen molar-refractivity contribution < 1.29 is 13.2 Å². The first kappa shape index (κ1) is 15.5. The summed E-state index contributed by atoms with van der Waals surface area (Å²) in [7, 11) is -3.78. The first-order valence-corrected chi connectivity index (χ1v) is 8.71. The highest BCUT2D eigenvalue weighted by Gasteiger charge is 2.25. The van der Waals surface area contributed by atoms with Gasteiger partial charge in [0, 0.05) is 5.56 Å². The van der Waals surface area contributed by atoms with Gasteiger partial charge in [-0.25, -0.2) is 0 Å². The predicted molar refractivity (Wildman–Crippen MR) is 90.0 cm³/mol. The molecule has 1 aliphatic heterocycles. The molecular formula is C18H17NO3S. The molecule has 2 aromatic rings. The second-order valence-electron chi connectivity index (χ2n) is 5.42. The second kappa shape index (κ2) is 6.01. The molecule has 0 bridgehead atoms. The van der Waals surface area contributed by atoms with E-state index in [2.05, 4.69) is 11.0 Å². The number of hydrogen-bond acceptors (Lipinski definition) is 3. The van der Waals surface area contributed by atoms with Crippen LogP contribution in [0, 0.1) is 6.92 Å². The summed E-state index contributed by atoms with van der Waals surface area (Å²) >= 11 is 0. The van der Waals surface area contributed by atoms with Crippen LogP contribution >= 0.6 is 0 Å². The third-order valence-corrected chi connectivity index (χ3v) is 5.03. The van der Waals surface area contributed by atoms with Gasteiger partial charge in [0.25, 0.3) is 10.0 Å². The van der Waals surface area contributed by atoms with Gasteiger partial charge in [-0.05, 0) is 30.7 Å². The number of ether oxygens (including phenoxy) is 1. The van der Waals surface area contributed by atoms with Crippen LogP contribution in [0.1, 0.15) is 22.8 Å². The summed E-state index contributed by atoms with van der Waals surface area (Å²) in [6, 6.07) is 14.3. The highest BCUT2D eigenvalue weighted by Crippen LogP contribution is 2.29. The summed E-state index contributed by atoms with van der Waals surface area (Å²) in [5.74, 6) is 0.189. The first-order chi connectivity index (χ1) is 11.0. The lowest BCUT2D eigenvalue weighted by atomic mass is 9.97. The minimum absolute atomic E-state index is 0.160. The zero-order valence-electron chi connectivity index (χ0n) is 12.8. The monoisotopic (exact) mass is 327 g/mol. The molecule has 0 fully saturated rings. The highest BCUT2D eigenvalue weighted by molar-refractivity contribution is 7.90. The van der Waals surface area contributed by atoms with Crippen LogP contribution in [0.15, 0.2) is 70.5 Å². The van der Waals surface area contributed by atoms with Crippen molar-refractivity contribution in [3.05, 3.63) is 77.9 Å². The van der Waals surface area contributed by atoms with Crippen molar-refractivity contribution in [1.29, 1.82) is 0 Å². The molecule has 0 aliphatic carbocycles. The zero-order valence-corrected chi connectivity index (χ0v) is 13.6. The number of rotatable bonds is 3. The molecule has 2 aromatic carbocycles. The molecule has 0 radical (unpaired) electrons. The Labute approximate surface area is 136 Å². The molecule has 3 rings (SSSR count). The van der Waals surface area contributed by atoms with Crippen molar-refractivity contribution in [2.24, 2.45) is 4.40 Å². The van der Waals surface area contributed by atoms with Crippen LogP contribution in [0.2, 0.25) is 0 Å². The number of nitrogens with zero attached hydrogens (tertiary/aromatic N) is 1. The number of hydrogen-bond donors (Lipinski definition) is 0. The van der Waals surface area contributed by atoms with Gasteiger partial charge in [0.1, 0.15) is 6.10 Å². The average Bonchev–Trinajstić information content (AvgIpc) is 2.54. The van der Waals surface area contributed by atoms with Crippen LogP contribution < -0.4 is 0 Å². The third-order valence-electron chi connectivity index (χ3n) is 3.72. The van der Waals surface area contributed by atoms with E-state index in [1.165, 1.54) is 0 Å². The normalized spacial score (nSPS) is 19.0. The fraction of sp³-hybridized carbons (Fsp3) is 0.167. The minimum atomic E-state index is -3.78. The number of sulfonamides is 1. The molecule has 1 aliphatic rings. The van der Waals surface area contributed by atoms with Crippen molar-refractivity contribution >= 4 is 15.9 Å². The fourth-order valence-corrected chi connectivity index (χ4v) is 3.47. The fourth-order valence-electron chi connectivity index (χ4n) is 2.51. The van der Waals surface area contributed by atoms with E-state index in [-0.39, 0.29) is 16.9 Å². The molecule has 1 heterocycles. The molecule has 0 aromatic heterocycles. The van der Waals surface area contributed by atoms with Gasteiger partial charge in [-0.3, -0.25) is 0 Å². The topological polar surface area (TPSA) is 55.7 Å². The number of fused-ring (bicyclic) bond motifs is 1. The Morgan fingerprint density at radius 3 is 2.57 bits per heavy atom. The molecule has 0 saturated carbocycles. The smallest absolute Gasteiger partial charge is 0.285 e. The van der Waals surface area contributed by atoms with Crippen LogP contribution in [0.3, 0.4) is 0 Å². The Kier molecular flexibility index (Phi) is 4.05. The summed E-state index contributed by atoms with van der Waals surface area (Å²) in [6.45, 7) is 5.65. The van der Waals surface area contributed by atoms with Crippen molar-refractivity contribution in [2.75, 3.05) is 0 Å². The molecule has 0 spiro atoms. The minimum Gasteiger partial charge on any atom is -0.468 e. The second-order valence-corrected chi connectivity index (χ2v) is 7.03. The highest BCUT2D eigenvalue weighted by atomic mass is 32.2. The maximum absolute atomic E-state index is 12.4. The van der Waals surface area contributed by atoms with Gasteiger partial charge in [0.2, 0.25) is 5.90 Å². The van der Waals surface area contributed by atoms with Crippen molar-refractivity contribution in [3.63, 3.8) is 0 Å². The van der Waals surface area contributed by atoms with E-state index < -0.39 is 10.0 Å². The summed E-state index contributed by atoms with van der Waals surface area (Å²) in [5.41, 5.74) is 2.99. The maximum Gasteiger partial charge on any atom is 0.285 e. The van der Waals surface area contributed by atoms with Gasteiger partial charge in [-0.15, -0.1) is 4.40 Å². The van der Waals surface area contributed by atoms with Crippen LogP contribution in [0.4, 0.5) is 0 Å². The Balaban J connectivity index is 1.97. The number of benzene rings is 2. The molecule has 5 heteroatoms. The summed E-state index contributed by atoms with van der Waals surface area (Å²) in [5, 5.41) is 0. The largest absolute Gasteiger partial charge is 0.468 e. The van der Waals surface area contributed by atoms with Crippen LogP contribution in [0.5, 0.6) is 0 Å². The molecule has 118 valence electrons. The quantitative estimate of drug-likeness (QED) is 0.810. The van der Waals surface area contributed by atoms with Crippen LogP contribution in [0.25, 0.3) is 0 Å². The van der Waals surface area contributed by atoms with Gasteiger partial charge < -0.3 is 4.74 Å². The number of aryl methyl sites for hydroxylation is 1. The SMILES string of the molecule is C=CC1O/C(=N/S(=O)(=O)c2ccc(C)cc2)Cc2ccccc21. The molecule has 1 atom stereocenters. The Hall–Kier alpha value is -2.40. The van der Waals surface area contributed by atoms with Crippen LogP contribution in [-0.2, 0) is 21.2 Å². The van der Waals surface area contributed by atoms with E-state index >= 15 is 0 Å². The molecule has 0 amide bonds. The van der Waals surface area contributed by atoms with E-state index in [0.717, 1.165) is 16.7 Å². The van der Waals surface area contributed by atoms with Gasteiger partial charge in [0.15, 0.2) is 0 Å². The first-order valence-electron chi connectivity index (χ1n) is 7.27. The lowest BCUT2D eigenvalue weighted by Gasteiger charge is -2.25. The summed E-state index contributed by atoms with van der Waals surface area (Å²) in [6.07, 6.45) is 1.62. The summed E-state index contributed by atoms with van der Waals surface area (Å²) < 4.78 is 34.4. The van der Waals surface area contributed by atoms with Gasteiger partial charge >= 0.3 is 0 Å². The lowest BCUT2D eigenvalue weighted by Crippen LogP contribution is -2.21.